The first-order chi connectivity index (χ1) is 7.19. The molecule has 1 fully saturated rings. The van der Waals surface area contributed by atoms with E-state index in [2.05, 4.69) is 26.1 Å². The first-order valence-corrected chi connectivity index (χ1v) is 6.58. The van der Waals surface area contributed by atoms with Crippen LogP contribution in [0.2, 0.25) is 0 Å². The van der Waals surface area contributed by atoms with E-state index >= 15 is 0 Å². The fourth-order valence-corrected chi connectivity index (χ4v) is 3.08. The topological polar surface area (TPSA) is 0 Å². The van der Waals surface area contributed by atoms with Crippen molar-refractivity contribution < 1.29 is 0 Å². The number of thiol groups is 1. The van der Waals surface area contributed by atoms with Crippen LogP contribution in [0.4, 0.5) is 0 Å². The summed E-state index contributed by atoms with van der Waals surface area (Å²) >= 11 is 4.55. The van der Waals surface area contributed by atoms with Gasteiger partial charge in [-0.2, -0.15) is 0 Å². The Labute approximate surface area is 100 Å². The van der Waals surface area contributed by atoms with E-state index < -0.39 is 0 Å². The molecule has 0 N–H and O–H groups in total. The van der Waals surface area contributed by atoms with Crippen LogP contribution in [0, 0.1) is 11.8 Å². The minimum atomic E-state index is 0.981. The second-order valence-corrected chi connectivity index (χ2v) is 5.39. The molecule has 0 aliphatic heterocycles. The highest BCUT2D eigenvalue weighted by Crippen LogP contribution is 2.43. The summed E-state index contributed by atoms with van der Waals surface area (Å²) in [5.41, 5.74) is 1.56. The summed E-state index contributed by atoms with van der Waals surface area (Å²) < 4.78 is 0. The zero-order valence-electron chi connectivity index (χ0n) is 10.1. The molecule has 2 aliphatic carbocycles. The minimum absolute atomic E-state index is 0.981. The third kappa shape index (κ3) is 3.71. The smallest absolute Gasteiger partial charge is 0.0190 e. The van der Waals surface area contributed by atoms with Crippen molar-refractivity contribution in [2.75, 3.05) is 0 Å². The molecule has 0 bridgehead atoms. The fraction of sp³-hybridized carbons (Fsp3) is 0.714. The molecule has 0 aromatic carbocycles. The maximum absolute atomic E-state index is 4.55. The van der Waals surface area contributed by atoms with Crippen LogP contribution in [0.15, 0.2) is 23.1 Å². The summed E-state index contributed by atoms with van der Waals surface area (Å²) in [4.78, 5) is 1.39. The van der Waals surface area contributed by atoms with Crippen molar-refractivity contribution in [2.45, 2.75) is 52.4 Å². The average Bonchev–Trinajstić information content (AvgIpc) is 2.21. The van der Waals surface area contributed by atoms with Gasteiger partial charge >= 0.3 is 0 Å². The summed E-state index contributed by atoms with van der Waals surface area (Å²) in [6.45, 7) is 7.51. The molecule has 2 rings (SSSR count). The Kier molecular flexibility index (Phi) is 5.52. The van der Waals surface area contributed by atoms with E-state index in [4.69, 9.17) is 0 Å². The second kappa shape index (κ2) is 6.42. The van der Waals surface area contributed by atoms with Crippen molar-refractivity contribution in [2.24, 2.45) is 11.8 Å². The third-order valence-electron chi connectivity index (χ3n) is 3.58. The van der Waals surface area contributed by atoms with E-state index in [1.807, 2.05) is 6.92 Å². The first-order valence-electron chi connectivity index (χ1n) is 6.13. The summed E-state index contributed by atoms with van der Waals surface area (Å²) in [6, 6.07) is 0. The standard InChI is InChI=1S/C11H18S.C3H6/c1-8-6-9-4-2-3-5-10(9)7-11(8)12;1-3-2/h9-10,12H,2-7H2,1H3;3H,1H2,2H3. The van der Waals surface area contributed by atoms with Crippen LogP contribution < -0.4 is 0 Å². The number of rotatable bonds is 0. The molecule has 0 saturated heterocycles. The van der Waals surface area contributed by atoms with E-state index in [9.17, 15) is 0 Å². The largest absolute Gasteiger partial charge is 0.148 e. The van der Waals surface area contributed by atoms with Gasteiger partial charge in [-0.1, -0.05) is 24.5 Å². The van der Waals surface area contributed by atoms with Crippen molar-refractivity contribution in [1.29, 1.82) is 0 Å². The first kappa shape index (κ1) is 12.9. The average molecular weight is 224 g/mol. The van der Waals surface area contributed by atoms with E-state index in [0.717, 1.165) is 11.8 Å². The normalized spacial score (nSPS) is 30.1. The molecule has 0 nitrogen and oxygen atoms in total. The highest BCUT2D eigenvalue weighted by Gasteiger charge is 2.29. The molecular weight excluding hydrogens is 200 g/mol. The Bertz CT molecular complexity index is 218. The van der Waals surface area contributed by atoms with Gasteiger partial charge in [-0.15, -0.1) is 19.2 Å². The molecule has 15 heavy (non-hydrogen) atoms. The maximum Gasteiger partial charge on any atom is -0.0190 e. The lowest BCUT2D eigenvalue weighted by Crippen LogP contribution is -2.23. The maximum atomic E-state index is 4.55. The van der Waals surface area contributed by atoms with Gasteiger partial charge < -0.3 is 0 Å². The van der Waals surface area contributed by atoms with Crippen molar-refractivity contribution in [3.63, 3.8) is 0 Å². The van der Waals surface area contributed by atoms with Crippen LogP contribution in [0.3, 0.4) is 0 Å². The third-order valence-corrected chi connectivity index (χ3v) is 4.15. The summed E-state index contributed by atoms with van der Waals surface area (Å²) in [5.74, 6) is 1.99. The van der Waals surface area contributed by atoms with Crippen molar-refractivity contribution >= 4 is 12.6 Å². The summed E-state index contributed by atoms with van der Waals surface area (Å²) in [7, 11) is 0. The number of fused-ring (bicyclic) bond motifs is 1. The molecular formula is C14H24S. The van der Waals surface area contributed by atoms with Crippen LogP contribution in [0.5, 0.6) is 0 Å². The van der Waals surface area contributed by atoms with E-state index in [1.54, 1.807) is 11.6 Å². The minimum Gasteiger partial charge on any atom is -0.148 e. The number of hydrogen-bond donors (Lipinski definition) is 1. The van der Waals surface area contributed by atoms with Gasteiger partial charge in [0.25, 0.3) is 0 Å². The van der Waals surface area contributed by atoms with Gasteiger partial charge in [0.15, 0.2) is 0 Å². The predicted octanol–water partition coefficient (Wildman–Crippen LogP) is 4.98. The van der Waals surface area contributed by atoms with Crippen LogP contribution in [0.25, 0.3) is 0 Å². The Morgan fingerprint density at radius 3 is 2.20 bits per heavy atom. The van der Waals surface area contributed by atoms with Gasteiger partial charge in [0.05, 0.1) is 0 Å². The number of hydrogen-bond acceptors (Lipinski definition) is 1. The van der Waals surface area contributed by atoms with E-state index in [0.29, 0.717) is 0 Å². The SMILES string of the molecule is C=CC.CC1=C(S)CC2CCCCC2C1. The van der Waals surface area contributed by atoms with Gasteiger partial charge in [-0.3, -0.25) is 0 Å². The second-order valence-electron chi connectivity index (χ2n) is 4.85. The van der Waals surface area contributed by atoms with Crippen LogP contribution >= 0.6 is 12.6 Å². The Balaban J connectivity index is 0.000000337. The zero-order chi connectivity index (χ0) is 11.3. The van der Waals surface area contributed by atoms with Gasteiger partial charge in [-0.05, 0) is 56.3 Å². The highest BCUT2D eigenvalue weighted by molar-refractivity contribution is 7.84. The highest BCUT2D eigenvalue weighted by atomic mass is 32.1. The van der Waals surface area contributed by atoms with Gasteiger partial charge in [0.2, 0.25) is 0 Å². The fourth-order valence-electron chi connectivity index (χ4n) is 2.76. The summed E-state index contributed by atoms with van der Waals surface area (Å²) in [5, 5.41) is 0. The quantitative estimate of drug-likeness (QED) is 0.435. The molecule has 1 saturated carbocycles. The molecule has 2 unspecified atom stereocenters. The summed E-state index contributed by atoms with van der Waals surface area (Å²) in [6.07, 6.45) is 10.2. The molecule has 0 aromatic rings. The Morgan fingerprint density at radius 1 is 1.20 bits per heavy atom. The molecule has 1 heteroatoms. The molecule has 2 aliphatic rings. The van der Waals surface area contributed by atoms with Crippen LogP contribution in [0.1, 0.15) is 52.4 Å². The lowest BCUT2D eigenvalue weighted by atomic mass is 9.71. The van der Waals surface area contributed by atoms with Crippen molar-refractivity contribution in [3.8, 4) is 0 Å². The molecule has 2 atom stereocenters. The molecule has 86 valence electrons. The number of allylic oxidation sites excluding steroid dienone is 3. The Morgan fingerprint density at radius 2 is 1.67 bits per heavy atom. The van der Waals surface area contributed by atoms with Crippen molar-refractivity contribution in [3.05, 3.63) is 23.1 Å². The molecule has 0 spiro atoms. The lowest BCUT2D eigenvalue weighted by molar-refractivity contribution is 0.224. The van der Waals surface area contributed by atoms with Crippen LogP contribution in [-0.4, -0.2) is 0 Å². The van der Waals surface area contributed by atoms with Gasteiger partial charge in [0, 0.05) is 0 Å². The van der Waals surface area contributed by atoms with E-state index in [1.165, 1.54) is 43.4 Å². The van der Waals surface area contributed by atoms with Crippen LogP contribution in [-0.2, 0) is 0 Å². The van der Waals surface area contributed by atoms with Gasteiger partial charge in [0.1, 0.15) is 0 Å². The lowest BCUT2D eigenvalue weighted by Gasteiger charge is -2.36. The Hall–Kier alpha value is -0.170. The molecule has 0 aromatic heterocycles. The predicted molar refractivity (Wildman–Crippen MR) is 72.2 cm³/mol. The van der Waals surface area contributed by atoms with Crippen molar-refractivity contribution in [1.82, 2.24) is 0 Å². The molecule has 0 amide bonds. The molecule has 0 radical (unpaired) electrons. The molecule has 0 heterocycles. The monoisotopic (exact) mass is 224 g/mol. The zero-order valence-corrected chi connectivity index (χ0v) is 11.0. The van der Waals surface area contributed by atoms with E-state index in [-0.39, 0.29) is 0 Å². The van der Waals surface area contributed by atoms with Gasteiger partial charge in [-0.25, -0.2) is 0 Å².